The van der Waals surface area contributed by atoms with Gasteiger partial charge in [0.25, 0.3) is 15.9 Å². The van der Waals surface area contributed by atoms with Crippen molar-refractivity contribution in [2.24, 2.45) is 0 Å². The van der Waals surface area contributed by atoms with Crippen molar-refractivity contribution in [1.82, 2.24) is 0 Å². The van der Waals surface area contributed by atoms with Crippen LogP contribution in [0.5, 0.6) is 17.2 Å². The number of sulfonamides is 1. The molecule has 3 aromatic carbocycles. The number of rotatable bonds is 10. The summed E-state index contributed by atoms with van der Waals surface area (Å²) in [5, 5.41) is 0.169. The Hall–Kier alpha value is -3.49. The molecule has 184 valence electrons. The van der Waals surface area contributed by atoms with Crippen molar-refractivity contribution in [3.8, 4) is 17.2 Å². The quantitative estimate of drug-likeness (QED) is 0.328. The zero-order valence-corrected chi connectivity index (χ0v) is 21.2. The van der Waals surface area contributed by atoms with Crippen molar-refractivity contribution < 1.29 is 27.4 Å². The Kier molecular flexibility index (Phi) is 8.78. The summed E-state index contributed by atoms with van der Waals surface area (Å²) in [6.45, 7) is 4.64. The van der Waals surface area contributed by atoms with Crippen molar-refractivity contribution in [3.05, 3.63) is 83.4 Å². The van der Waals surface area contributed by atoms with Crippen LogP contribution in [0.3, 0.4) is 0 Å². The number of ether oxygens (including phenoxy) is 3. The SMILES string of the molecule is CCOc1ccc(/C=C/C(=O)N(c2ccc(OC)c(Cl)c2)S(=O)(=O)c2ccccc2)cc1OCC. The zero-order valence-electron chi connectivity index (χ0n) is 19.6. The van der Waals surface area contributed by atoms with Crippen LogP contribution in [0.4, 0.5) is 5.69 Å². The average Bonchev–Trinajstić information content (AvgIpc) is 2.85. The first-order chi connectivity index (χ1) is 16.8. The first-order valence-corrected chi connectivity index (χ1v) is 12.7. The minimum absolute atomic E-state index is 0.0339. The molecule has 0 spiro atoms. The van der Waals surface area contributed by atoms with E-state index in [1.807, 2.05) is 13.8 Å². The molecule has 0 saturated carbocycles. The van der Waals surface area contributed by atoms with Crippen LogP contribution in [0.1, 0.15) is 19.4 Å². The van der Waals surface area contributed by atoms with E-state index in [1.54, 1.807) is 36.4 Å². The number of halogens is 1. The second-order valence-corrected chi connectivity index (χ2v) is 9.34. The van der Waals surface area contributed by atoms with Gasteiger partial charge in [-0.05, 0) is 68.0 Å². The molecule has 0 heterocycles. The molecule has 0 radical (unpaired) electrons. The van der Waals surface area contributed by atoms with Gasteiger partial charge >= 0.3 is 0 Å². The van der Waals surface area contributed by atoms with Gasteiger partial charge in [0.2, 0.25) is 0 Å². The number of benzene rings is 3. The van der Waals surface area contributed by atoms with Crippen LogP contribution >= 0.6 is 11.6 Å². The molecule has 0 aliphatic heterocycles. The van der Waals surface area contributed by atoms with Gasteiger partial charge in [-0.2, -0.15) is 4.31 Å². The zero-order chi connectivity index (χ0) is 25.4. The van der Waals surface area contributed by atoms with Crippen LogP contribution in [0.2, 0.25) is 5.02 Å². The Morgan fingerprint density at radius 1 is 0.914 bits per heavy atom. The molecule has 3 aromatic rings. The third-order valence-corrected chi connectivity index (χ3v) is 6.87. The van der Waals surface area contributed by atoms with E-state index in [0.717, 1.165) is 0 Å². The maximum absolute atomic E-state index is 13.5. The maximum Gasteiger partial charge on any atom is 0.271 e. The Morgan fingerprint density at radius 3 is 2.20 bits per heavy atom. The Bertz CT molecular complexity index is 1310. The van der Waals surface area contributed by atoms with Gasteiger partial charge in [0.15, 0.2) is 11.5 Å². The third-order valence-electron chi connectivity index (χ3n) is 4.84. The first kappa shape index (κ1) is 26.1. The molecule has 7 nitrogen and oxygen atoms in total. The number of carbonyl (C=O) groups is 1. The molecule has 0 atom stereocenters. The lowest BCUT2D eigenvalue weighted by atomic mass is 10.2. The molecule has 0 unspecified atom stereocenters. The summed E-state index contributed by atoms with van der Waals surface area (Å²) in [6.07, 6.45) is 2.70. The number of carbonyl (C=O) groups excluding carboxylic acids is 1. The van der Waals surface area contributed by atoms with Gasteiger partial charge in [0, 0.05) is 6.08 Å². The fraction of sp³-hybridized carbons (Fsp3) is 0.192. The number of hydrogen-bond acceptors (Lipinski definition) is 6. The van der Waals surface area contributed by atoms with E-state index >= 15 is 0 Å². The second kappa shape index (κ2) is 11.8. The van der Waals surface area contributed by atoms with E-state index < -0.39 is 15.9 Å². The summed E-state index contributed by atoms with van der Waals surface area (Å²) in [6, 6.07) is 17.2. The highest BCUT2D eigenvalue weighted by Crippen LogP contribution is 2.33. The van der Waals surface area contributed by atoms with Gasteiger partial charge in [0.1, 0.15) is 5.75 Å². The van der Waals surface area contributed by atoms with Gasteiger partial charge in [0.05, 0.1) is 35.9 Å². The standard InChI is InChI=1S/C26H26ClNO6S/c1-4-33-24-14-11-19(17-25(24)34-5-2)12-16-26(29)28(20-13-15-23(32-3)22(27)18-20)35(30,31)21-9-7-6-8-10-21/h6-18H,4-5H2,1-3H3/b16-12+. The fourth-order valence-corrected chi connectivity index (χ4v) is 4.92. The summed E-state index contributed by atoms with van der Waals surface area (Å²) in [7, 11) is -2.79. The summed E-state index contributed by atoms with van der Waals surface area (Å²) in [5.74, 6) is 0.689. The highest BCUT2D eigenvalue weighted by molar-refractivity contribution is 7.93. The van der Waals surface area contributed by atoms with Crippen molar-refractivity contribution in [2.75, 3.05) is 24.6 Å². The van der Waals surface area contributed by atoms with E-state index in [4.69, 9.17) is 25.8 Å². The van der Waals surface area contributed by atoms with Crippen LogP contribution in [0, 0.1) is 0 Å². The summed E-state index contributed by atoms with van der Waals surface area (Å²) < 4.78 is 44.0. The Labute approximate surface area is 210 Å². The molecule has 3 rings (SSSR count). The monoisotopic (exact) mass is 515 g/mol. The van der Waals surface area contributed by atoms with Gasteiger partial charge < -0.3 is 14.2 Å². The largest absolute Gasteiger partial charge is 0.495 e. The van der Waals surface area contributed by atoms with Gasteiger partial charge in [-0.25, -0.2) is 8.42 Å². The number of nitrogens with zero attached hydrogens (tertiary/aromatic N) is 1. The molecule has 1 amide bonds. The Balaban J connectivity index is 2.02. The van der Waals surface area contributed by atoms with Crippen molar-refractivity contribution >= 4 is 39.3 Å². The molecule has 0 aromatic heterocycles. The Morgan fingerprint density at radius 2 is 1.57 bits per heavy atom. The van der Waals surface area contributed by atoms with Gasteiger partial charge in [-0.3, -0.25) is 4.79 Å². The van der Waals surface area contributed by atoms with Crippen molar-refractivity contribution in [3.63, 3.8) is 0 Å². The molecule has 0 fully saturated rings. The molecule has 35 heavy (non-hydrogen) atoms. The molecule has 0 aliphatic carbocycles. The normalized spacial score (nSPS) is 11.3. The van der Waals surface area contributed by atoms with Crippen molar-refractivity contribution in [1.29, 1.82) is 0 Å². The van der Waals surface area contributed by atoms with Gasteiger partial charge in [-0.1, -0.05) is 35.9 Å². The minimum Gasteiger partial charge on any atom is -0.495 e. The molecular formula is C26H26ClNO6S. The molecule has 0 saturated heterocycles. The van der Waals surface area contributed by atoms with Gasteiger partial charge in [-0.15, -0.1) is 0 Å². The fourth-order valence-electron chi connectivity index (χ4n) is 3.27. The molecule has 9 heteroatoms. The highest BCUT2D eigenvalue weighted by Gasteiger charge is 2.30. The lowest BCUT2D eigenvalue weighted by Crippen LogP contribution is -2.35. The van der Waals surface area contributed by atoms with Crippen LogP contribution < -0.4 is 18.5 Å². The highest BCUT2D eigenvalue weighted by atomic mass is 35.5. The predicted octanol–water partition coefficient (Wildman–Crippen LogP) is 5.58. The summed E-state index contributed by atoms with van der Waals surface area (Å²) in [5.41, 5.74) is 0.714. The third kappa shape index (κ3) is 6.15. The van der Waals surface area contributed by atoms with E-state index in [-0.39, 0.29) is 15.6 Å². The van der Waals surface area contributed by atoms with E-state index in [2.05, 4.69) is 0 Å². The topological polar surface area (TPSA) is 82.1 Å². The lowest BCUT2D eigenvalue weighted by molar-refractivity contribution is -0.113. The van der Waals surface area contributed by atoms with Crippen LogP contribution in [0.15, 0.2) is 77.7 Å². The lowest BCUT2D eigenvalue weighted by Gasteiger charge is -2.22. The predicted molar refractivity (Wildman–Crippen MR) is 137 cm³/mol. The van der Waals surface area contributed by atoms with Crippen LogP contribution in [-0.2, 0) is 14.8 Å². The smallest absolute Gasteiger partial charge is 0.271 e. The number of amides is 1. The van der Waals surface area contributed by atoms with E-state index in [0.29, 0.717) is 40.3 Å². The summed E-state index contributed by atoms with van der Waals surface area (Å²) in [4.78, 5) is 13.3. The maximum atomic E-state index is 13.5. The van der Waals surface area contributed by atoms with Crippen LogP contribution in [-0.4, -0.2) is 34.6 Å². The number of methoxy groups -OCH3 is 1. The minimum atomic E-state index is -4.24. The number of hydrogen-bond donors (Lipinski definition) is 0. The molecule has 0 N–H and O–H groups in total. The second-order valence-electron chi connectivity index (χ2n) is 7.15. The van der Waals surface area contributed by atoms with E-state index in [9.17, 15) is 13.2 Å². The van der Waals surface area contributed by atoms with Crippen LogP contribution in [0.25, 0.3) is 6.08 Å². The average molecular weight is 516 g/mol. The molecule has 0 aliphatic rings. The summed E-state index contributed by atoms with van der Waals surface area (Å²) >= 11 is 6.23. The van der Waals surface area contributed by atoms with Crippen molar-refractivity contribution in [2.45, 2.75) is 18.7 Å². The molecule has 0 bridgehead atoms. The number of anilines is 1. The van der Waals surface area contributed by atoms with E-state index in [1.165, 1.54) is 49.6 Å². The first-order valence-electron chi connectivity index (χ1n) is 10.9. The molecular weight excluding hydrogens is 490 g/mol.